The molecule has 2 heterocycles. The van der Waals surface area contributed by atoms with Gasteiger partial charge in [-0.2, -0.15) is 0 Å². The second kappa shape index (κ2) is 7.30. The van der Waals surface area contributed by atoms with Crippen molar-refractivity contribution in [2.24, 2.45) is 11.8 Å². The number of hydrogen-bond donors (Lipinski definition) is 0. The van der Waals surface area contributed by atoms with E-state index in [1.807, 2.05) is 30.0 Å². The first-order valence-electron chi connectivity index (χ1n) is 8.82. The number of carbonyl (C=O) groups is 2. The maximum Gasteiger partial charge on any atom is 0.310 e. The Kier molecular flexibility index (Phi) is 5.11. The Hall–Kier alpha value is -2.30. The van der Waals surface area contributed by atoms with Gasteiger partial charge in [0.2, 0.25) is 0 Å². The minimum atomic E-state index is -0.408. The third-order valence-corrected chi connectivity index (χ3v) is 4.72. The molecular formula is C20H25NO4. The molecule has 1 aliphatic rings. The van der Waals surface area contributed by atoms with Crippen molar-refractivity contribution in [3.8, 4) is 0 Å². The third-order valence-electron chi connectivity index (χ3n) is 4.72. The average molecular weight is 343 g/mol. The minimum Gasteiger partial charge on any atom is -0.464 e. The summed E-state index contributed by atoms with van der Waals surface area (Å²) in [6, 6.07) is 5.86. The highest BCUT2D eigenvalue weighted by Crippen LogP contribution is 2.23. The minimum absolute atomic E-state index is 0.107. The standard InChI is InChI=1S/C20H25NO4/c1-13-4-5-17-16(11-24-18(17)7-13)8-20(23)25-12-19(22)21-9-14(2)6-15(3)10-21/h4-5,7,11,14-15H,6,8-10,12H2,1-3H3/t14-,15+. The predicted octanol–water partition coefficient (Wildman–Crippen LogP) is 3.33. The number of fused-ring (bicyclic) bond motifs is 1. The Morgan fingerprint density at radius 2 is 1.96 bits per heavy atom. The number of rotatable bonds is 4. The molecule has 5 nitrogen and oxygen atoms in total. The highest BCUT2D eigenvalue weighted by molar-refractivity contribution is 5.87. The molecule has 2 aromatic rings. The third kappa shape index (κ3) is 4.21. The summed E-state index contributed by atoms with van der Waals surface area (Å²) >= 11 is 0. The lowest BCUT2D eigenvalue weighted by Crippen LogP contribution is -2.44. The summed E-state index contributed by atoms with van der Waals surface area (Å²) in [4.78, 5) is 26.2. The fourth-order valence-corrected chi connectivity index (χ4v) is 3.63. The van der Waals surface area contributed by atoms with Crippen molar-refractivity contribution in [3.05, 3.63) is 35.6 Å². The van der Waals surface area contributed by atoms with Crippen molar-refractivity contribution in [3.63, 3.8) is 0 Å². The first-order valence-corrected chi connectivity index (χ1v) is 8.82. The monoisotopic (exact) mass is 343 g/mol. The lowest BCUT2D eigenvalue weighted by molar-refractivity contribution is -0.152. The van der Waals surface area contributed by atoms with Gasteiger partial charge >= 0.3 is 5.97 Å². The van der Waals surface area contributed by atoms with Gasteiger partial charge in [0, 0.05) is 24.0 Å². The molecule has 3 rings (SSSR count). The first-order chi connectivity index (χ1) is 11.9. The molecule has 0 unspecified atom stereocenters. The van der Waals surface area contributed by atoms with Crippen molar-refractivity contribution in [1.29, 1.82) is 0 Å². The lowest BCUT2D eigenvalue weighted by atomic mass is 9.92. The molecule has 5 heteroatoms. The Morgan fingerprint density at radius 1 is 1.24 bits per heavy atom. The summed E-state index contributed by atoms with van der Waals surface area (Å²) in [6.45, 7) is 7.58. The van der Waals surface area contributed by atoms with Crippen LogP contribution in [0.15, 0.2) is 28.9 Å². The number of ether oxygens (including phenoxy) is 1. The summed E-state index contributed by atoms with van der Waals surface area (Å²) in [5.74, 6) is 0.461. The van der Waals surface area contributed by atoms with Crippen molar-refractivity contribution >= 4 is 22.8 Å². The topological polar surface area (TPSA) is 59.8 Å². The zero-order valence-corrected chi connectivity index (χ0v) is 15.1. The van der Waals surface area contributed by atoms with Crippen LogP contribution in [0.1, 0.15) is 31.4 Å². The number of nitrogens with zero attached hydrogens (tertiary/aromatic N) is 1. The van der Waals surface area contributed by atoms with Crippen molar-refractivity contribution in [2.45, 2.75) is 33.6 Å². The summed E-state index contributed by atoms with van der Waals surface area (Å²) in [6.07, 6.45) is 2.83. The molecule has 1 aromatic carbocycles. The van der Waals surface area contributed by atoms with Crippen LogP contribution in [-0.2, 0) is 20.7 Å². The molecule has 0 saturated carbocycles. The van der Waals surface area contributed by atoms with E-state index in [4.69, 9.17) is 9.15 Å². The van der Waals surface area contributed by atoms with E-state index >= 15 is 0 Å². The summed E-state index contributed by atoms with van der Waals surface area (Å²) < 4.78 is 10.7. The van der Waals surface area contributed by atoms with E-state index in [1.54, 1.807) is 6.26 Å². The summed E-state index contributed by atoms with van der Waals surface area (Å²) in [5, 5.41) is 0.910. The lowest BCUT2D eigenvalue weighted by Gasteiger charge is -2.34. The Bertz CT molecular complexity index is 769. The van der Waals surface area contributed by atoms with Crippen molar-refractivity contribution in [2.75, 3.05) is 19.7 Å². The highest BCUT2D eigenvalue weighted by Gasteiger charge is 2.26. The van der Waals surface area contributed by atoms with E-state index in [2.05, 4.69) is 13.8 Å². The van der Waals surface area contributed by atoms with Gasteiger partial charge in [0.15, 0.2) is 6.61 Å². The van der Waals surface area contributed by atoms with Crippen LogP contribution in [-0.4, -0.2) is 36.5 Å². The van der Waals surface area contributed by atoms with E-state index in [9.17, 15) is 9.59 Å². The van der Waals surface area contributed by atoms with Crippen LogP contribution in [0, 0.1) is 18.8 Å². The largest absolute Gasteiger partial charge is 0.464 e. The van der Waals surface area contributed by atoms with Gasteiger partial charge in [-0.3, -0.25) is 9.59 Å². The molecule has 1 saturated heterocycles. The van der Waals surface area contributed by atoms with Gasteiger partial charge < -0.3 is 14.1 Å². The van der Waals surface area contributed by atoms with Crippen molar-refractivity contribution < 1.29 is 18.7 Å². The zero-order chi connectivity index (χ0) is 18.0. The van der Waals surface area contributed by atoms with E-state index in [0.29, 0.717) is 11.8 Å². The number of hydrogen-bond acceptors (Lipinski definition) is 4. The molecule has 1 aromatic heterocycles. The smallest absolute Gasteiger partial charge is 0.310 e. The van der Waals surface area contributed by atoms with E-state index in [1.165, 1.54) is 0 Å². The Balaban J connectivity index is 1.54. The first kappa shape index (κ1) is 17.5. The maximum absolute atomic E-state index is 12.3. The number of aryl methyl sites for hydroxylation is 1. The van der Waals surface area contributed by atoms with E-state index in [-0.39, 0.29) is 18.9 Å². The van der Waals surface area contributed by atoms with Crippen LogP contribution in [0.2, 0.25) is 0 Å². The van der Waals surface area contributed by atoms with Gasteiger partial charge in [0.05, 0.1) is 12.7 Å². The van der Waals surface area contributed by atoms with Gasteiger partial charge in [-0.1, -0.05) is 26.0 Å². The zero-order valence-electron chi connectivity index (χ0n) is 15.1. The number of piperidine rings is 1. The van der Waals surface area contributed by atoms with Crippen LogP contribution < -0.4 is 0 Å². The quantitative estimate of drug-likeness (QED) is 0.799. The molecule has 0 N–H and O–H groups in total. The molecule has 0 aliphatic carbocycles. The molecule has 25 heavy (non-hydrogen) atoms. The molecule has 0 bridgehead atoms. The van der Waals surface area contributed by atoms with Gasteiger partial charge in [0.25, 0.3) is 5.91 Å². The van der Waals surface area contributed by atoms with Crippen LogP contribution in [0.5, 0.6) is 0 Å². The van der Waals surface area contributed by atoms with Crippen LogP contribution in [0.25, 0.3) is 11.0 Å². The molecule has 1 fully saturated rings. The van der Waals surface area contributed by atoms with Gasteiger partial charge in [-0.15, -0.1) is 0 Å². The van der Waals surface area contributed by atoms with Gasteiger partial charge in [0.1, 0.15) is 5.58 Å². The van der Waals surface area contributed by atoms with E-state index < -0.39 is 5.97 Å². The summed E-state index contributed by atoms with van der Waals surface area (Å²) in [5.41, 5.74) is 2.65. The fraction of sp³-hybridized carbons (Fsp3) is 0.500. The predicted molar refractivity (Wildman–Crippen MR) is 95.1 cm³/mol. The van der Waals surface area contributed by atoms with Gasteiger partial charge in [-0.25, -0.2) is 0 Å². The summed E-state index contributed by atoms with van der Waals surface area (Å²) in [7, 11) is 0. The number of furan rings is 1. The SMILES string of the molecule is Cc1ccc2c(CC(=O)OCC(=O)N3C[C@H](C)C[C@H](C)C3)coc2c1. The van der Waals surface area contributed by atoms with Crippen LogP contribution in [0.4, 0.5) is 0 Å². The molecule has 1 aliphatic heterocycles. The van der Waals surface area contributed by atoms with E-state index in [0.717, 1.165) is 41.6 Å². The molecule has 0 spiro atoms. The molecule has 134 valence electrons. The molecular weight excluding hydrogens is 318 g/mol. The number of benzene rings is 1. The van der Waals surface area contributed by atoms with Crippen LogP contribution in [0.3, 0.4) is 0 Å². The second-order valence-corrected chi connectivity index (χ2v) is 7.34. The Labute approximate surface area is 147 Å². The molecule has 1 amide bonds. The van der Waals surface area contributed by atoms with Gasteiger partial charge in [-0.05, 0) is 36.8 Å². The Morgan fingerprint density at radius 3 is 2.68 bits per heavy atom. The number of esters is 1. The molecule has 0 radical (unpaired) electrons. The fourth-order valence-electron chi connectivity index (χ4n) is 3.63. The van der Waals surface area contributed by atoms with Crippen LogP contribution >= 0.6 is 0 Å². The highest BCUT2D eigenvalue weighted by atomic mass is 16.5. The maximum atomic E-state index is 12.3. The number of amides is 1. The van der Waals surface area contributed by atoms with Crippen molar-refractivity contribution in [1.82, 2.24) is 4.90 Å². The normalized spacial score (nSPS) is 20.7. The second-order valence-electron chi connectivity index (χ2n) is 7.34. The number of likely N-dealkylation sites (tertiary alicyclic amines) is 1. The number of carbonyl (C=O) groups excluding carboxylic acids is 2. The molecule has 2 atom stereocenters. The average Bonchev–Trinajstić information content (AvgIpc) is 2.93.